The number of rotatable bonds is 4. The van der Waals surface area contributed by atoms with E-state index in [9.17, 15) is 0 Å². The molecule has 1 rings (SSSR count). The Bertz CT molecular complexity index is 156. The van der Waals surface area contributed by atoms with E-state index in [2.05, 4.69) is 6.07 Å². The summed E-state index contributed by atoms with van der Waals surface area (Å²) in [5.41, 5.74) is 0. The Labute approximate surface area is 74.5 Å². The Morgan fingerprint density at radius 3 is 2.67 bits per heavy atom. The van der Waals surface area contributed by atoms with Crippen molar-refractivity contribution in [3.8, 4) is 6.07 Å². The average molecular weight is 167 g/mol. The van der Waals surface area contributed by atoms with Gasteiger partial charge >= 0.3 is 0 Å². The van der Waals surface area contributed by atoms with Crippen LogP contribution in [0.15, 0.2) is 0 Å². The molecule has 1 atom stereocenters. The van der Waals surface area contributed by atoms with Crippen molar-refractivity contribution in [1.82, 2.24) is 0 Å². The van der Waals surface area contributed by atoms with Crippen molar-refractivity contribution < 1.29 is 4.74 Å². The first-order valence-electron chi connectivity index (χ1n) is 4.85. The fraction of sp³-hybridized carbons (Fsp3) is 0.900. The zero-order valence-electron chi connectivity index (χ0n) is 7.75. The predicted molar refractivity (Wildman–Crippen MR) is 47.6 cm³/mol. The Hall–Kier alpha value is -0.550. The molecule has 1 aliphatic carbocycles. The molecule has 0 heterocycles. The highest BCUT2D eigenvalue weighted by Crippen LogP contribution is 2.31. The fourth-order valence-corrected chi connectivity index (χ4v) is 1.88. The molecule has 0 N–H and O–H groups in total. The molecule has 0 spiro atoms. The second-order valence-corrected chi connectivity index (χ2v) is 3.44. The molecule has 2 nitrogen and oxygen atoms in total. The zero-order chi connectivity index (χ0) is 8.81. The molecule has 12 heavy (non-hydrogen) atoms. The number of ether oxygens (including phenoxy) is 1. The van der Waals surface area contributed by atoms with Gasteiger partial charge in [-0.3, -0.25) is 0 Å². The number of nitrogens with zero attached hydrogens (tertiary/aromatic N) is 1. The van der Waals surface area contributed by atoms with E-state index < -0.39 is 0 Å². The lowest BCUT2D eigenvalue weighted by molar-refractivity contribution is 0.108. The minimum absolute atomic E-state index is 0.146. The van der Waals surface area contributed by atoms with Crippen LogP contribution in [0.3, 0.4) is 0 Å². The van der Waals surface area contributed by atoms with E-state index in [-0.39, 0.29) is 5.92 Å². The third-order valence-corrected chi connectivity index (χ3v) is 2.64. The molecule has 1 fully saturated rings. The summed E-state index contributed by atoms with van der Waals surface area (Å²) < 4.78 is 5.28. The summed E-state index contributed by atoms with van der Waals surface area (Å²) in [6.45, 7) is 3.34. The van der Waals surface area contributed by atoms with Crippen molar-refractivity contribution in [3.63, 3.8) is 0 Å². The SMILES string of the molecule is CCOC[C@H](C#N)C1CCCC1. The molecule has 0 aromatic rings. The van der Waals surface area contributed by atoms with Crippen LogP contribution >= 0.6 is 0 Å². The van der Waals surface area contributed by atoms with Crippen LogP contribution in [0.25, 0.3) is 0 Å². The van der Waals surface area contributed by atoms with Crippen molar-refractivity contribution in [3.05, 3.63) is 0 Å². The first-order chi connectivity index (χ1) is 5.88. The minimum atomic E-state index is 0.146. The molecule has 0 radical (unpaired) electrons. The number of hydrogen-bond acceptors (Lipinski definition) is 2. The van der Waals surface area contributed by atoms with Gasteiger partial charge in [0, 0.05) is 6.61 Å². The Kier molecular flexibility index (Phi) is 4.10. The standard InChI is InChI=1S/C10H17NO/c1-2-12-8-10(7-11)9-5-3-4-6-9/h9-10H,2-6,8H2,1H3/t10-/m0/s1. The summed E-state index contributed by atoms with van der Waals surface area (Å²) in [7, 11) is 0. The Morgan fingerprint density at radius 1 is 1.50 bits per heavy atom. The van der Waals surface area contributed by atoms with Crippen LogP contribution in [0.1, 0.15) is 32.6 Å². The third-order valence-electron chi connectivity index (χ3n) is 2.64. The first-order valence-corrected chi connectivity index (χ1v) is 4.85. The summed E-state index contributed by atoms with van der Waals surface area (Å²) >= 11 is 0. The van der Waals surface area contributed by atoms with E-state index >= 15 is 0 Å². The van der Waals surface area contributed by atoms with Crippen LogP contribution in [-0.2, 0) is 4.74 Å². The van der Waals surface area contributed by atoms with Crippen molar-refractivity contribution in [2.75, 3.05) is 13.2 Å². The van der Waals surface area contributed by atoms with Crippen LogP contribution in [-0.4, -0.2) is 13.2 Å². The van der Waals surface area contributed by atoms with E-state index in [1.54, 1.807) is 0 Å². The first kappa shape index (κ1) is 9.54. The summed E-state index contributed by atoms with van der Waals surface area (Å²) in [5.74, 6) is 0.758. The van der Waals surface area contributed by atoms with Crippen LogP contribution in [0.2, 0.25) is 0 Å². The smallest absolute Gasteiger partial charge is 0.0725 e. The summed E-state index contributed by atoms with van der Waals surface area (Å²) in [6, 6.07) is 2.35. The monoisotopic (exact) mass is 167 g/mol. The Balaban J connectivity index is 2.29. The topological polar surface area (TPSA) is 33.0 Å². The van der Waals surface area contributed by atoms with Gasteiger partial charge < -0.3 is 4.74 Å². The lowest BCUT2D eigenvalue weighted by Crippen LogP contribution is -2.16. The molecule has 0 aromatic carbocycles. The van der Waals surface area contributed by atoms with Crippen LogP contribution < -0.4 is 0 Å². The maximum Gasteiger partial charge on any atom is 0.0725 e. The molecule has 0 bridgehead atoms. The molecular weight excluding hydrogens is 150 g/mol. The van der Waals surface area contributed by atoms with E-state index in [1.807, 2.05) is 6.92 Å². The van der Waals surface area contributed by atoms with Gasteiger partial charge in [0.15, 0.2) is 0 Å². The van der Waals surface area contributed by atoms with Crippen molar-refractivity contribution in [2.45, 2.75) is 32.6 Å². The van der Waals surface area contributed by atoms with Gasteiger partial charge in [-0.15, -0.1) is 0 Å². The highest BCUT2D eigenvalue weighted by Gasteiger charge is 2.24. The number of hydrogen-bond donors (Lipinski definition) is 0. The fourth-order valence-electron chi connectivity index (χ4n) is 1.88. The van der Waals surface area contributed by atoms with Gasteiger partial charge in [0.1, 0.15) is 0 Å². The number of nitriles is 1. The van der Waals surface area contributed by atoms with Gasteiger partial charge in [-0.1, -0.05) is 12.8 Å². The van der Waals surface area contributed by atoms with E-state index in [0.717, 1.165) is 6.61 Å². The molecule has 68 valence electrons. The Morgan fingerprint density at radius 2 is 2.17 bits per heavy atom. The molecule has 0 saturated heterocycles. The maximum atomic E-state index is 8.88. The molecular formula is C10H17NO. The molecule has 0 amide bonds. The summed E-state index contributed by atoms with van der Waals surface area (Å²) in [4.78, 5) is 0. The van der Waals surface area contributed by atoms with Gasteiger partial charge in [-0.25, -0.2) is 0 Å². The van der Waals surface area contributed by atoms with E-state index in [0.29, 0.717) is 12.5 Å². The van der Waals surface area contributed by atoms with Gasteiger partial charge in [0.2, 0.25) is 0 Å². The van der Waals surface area contributed by atoms with Gasteiger partial charge in [0.05, 0.1) is 18.6 Å². The van der Waals surface area contributed by atoms with Crippen molar-refractivity contribution >= 4 is 0 Å². The normalized spacial score (nSPS) is 20.7. The molecule has 0 aliphatic heterocycles. The summed E-state index contributed by atoms with van der Waals surface area (Å²) in [6.07, 6.45) is 5.06. The average Bonchev–Trinajstić information content (AvgIpc) is 2.59. The van der Waals surface area contributed by atoms with Gasteiger partial charge in [0.25, 0.3) is 0 Å². The predicted octanol–water partition coefficient (Wildman–Crippen LogP) is 2.35. The van der Waals surface area contributed by atoms with Crippen LogP contribution in [0.5, 0.6) is 0 Å². The third kappa shape index (κ3) is 2.49. The highest BCUT2D eigenvalue weighted by molar-refractivity contribution is 4.90. The second-order valence-electron chi connectivity index (χ2n) is 3.44. The molecule has 0 unspecified atom stereocenters. The molecule has 2 heteroatoms. The van der Waals surface area contributed by atoms with Gasteiger partial charge in [-0.05, 0) is 25.7 Å². The molecule has 0 aromatic heterocycles. The lowest BCUT2D eigenvalue weighted by Gasteiger charge is -2.15. The zero-order valence-corrected chi connectivity index (χ0v) is 7.75. The second kappa shape index (κ2) is 5.16. The largest absolute Gasteiger partial charge is 0.380 e. The highest BCUT2D eigenvalue weighted by atomic mass is 16.5. The van der Waals surface area contributed by atoms with E-state index in [4.69, 9.17) is 10.00 Å². The van der Waals surface area contributed by atoms with Crippen molar-refractivity contribution in [1.29, 1.82) is 5.26 Å². The quantitative estimate of drug-likeness (QED) is 0.644. The van der Waals surface area contributed by atoms with E-state index in [1.165, 1.54) is 25.7 Å². The maximum absolute atomic E-state index is 8.88. The van der Waals surface area contributed by atoms with Crippen LogP contribution in [0, 0.1) is 23.2 Å². The minimum Gasteiger partial charge on any atom is -0.380 e. The molecule has 1 saturated carbocycles. The van der Waals surface area contributed by atoms with Gasteiger partial charge in [-0.2, -0.15) is 5.26 Å². The molecule has 1 aliphatic rings. The van der Waals surface area contributed by atoms with Crippen LogP contribution in [0.4, 0.5) is 0 Å². The summed E-state index contributed by atoms with van der Waals surface area (Å²) in [5, 5.41) is 8.88. The lowest BCUT2D eigenvalue weighted by atomic mass is 9.93. The van der Waals surface area contributed by atoms with Crippen molar-refractivity contribution in [2.24, 2.45) is 11.8 Å².